The number of aliphatic hydroxyl groups excluding tert-OH is 2. The molecule has 0 saturated heterocycles. The van der Waals surface area contributed by atoms with Crippen molar-refractivity contribution in [1.29, 1.82) is 0 Å². The highest BCUT2D eigenvalue weighted by atomic mass is 35.5. The largest absolute Gasteiger partial charge is 0.490 e. The first-order valence-electron chi connectivity index (χ1n) is 18.5. The van der Waals surface area contributed by atoms with E-state index in [1.165, 1.54) is 0 Å². The normalized spacial score (nSPS) is 15.9. The Labute approximate surface area is 335 Å². The number of carbonyl (C=O) groups is 3. The SMILES string of the molecule is C[C@@H](CC[C@@H](CO)C(=O)O)CN1CCOc2cc(-c3cccc(-c4cccc(-c5ccc6c(c5)OCC(=O)N6C[C@@H](C)N[C@@H](CO)C(=O)O)c4Cl)c3Cl)ccc21. The molecule has 0 aromatic heterocycles. The van der Waals surface area contributed by atoms with Crippen molar-refractivity contribution in [3.05, 3.63) is 82.8 Å². The van der Waals surface area contributed by atoms with Crippen LogP contribution in [0.5, 0.6) is 11.5 Å². The summed E-state index contributed by atoms with van der Waals surface area (Å²) in [6, 6.07) is 21.4. The van der Waals surface area contributed by atoms with E-state index in [1.807, 2.05) is 66.7 Å². The third-order valence-corrected chi connectivity index (χ3v) is 11.1. The Hall–Kier alpha value is -4.85. The maximum Gasteiger partial charge on any atom is 0.323 e. The summed E-state index contributed by atoms with van der Waals surface area (Å²) >= 11 is 14.3. The average Bonchev–Trinajstić information content (AvgIpc) is 3.18. The molecule has 2 aliphatic heterocycles. The molecule has 2 aliphatic rings. The third-order valence-electron chi connectivity index (χ3n) is 10.3. The van der Waals surface area contributed by atoms with Gasteiger partial charge in [-0.1, -0.05) is 78.7 Å². The summed E-state index contributed by atoms with van der Waals surface area (Å²) in [7, 11) is 0. The quantitative estimate of drug-likeness (QED) is 0.0844. The van der Waals surface area contributed by atoms with Crippen LogP contribution in [0.25, 0.3) is 33.4 Å². The van der Waals surface area contributed by atoms with E-state index in [4.69, 9.17) is 32.7 Å². The predicted octanol–water partition coefficient (Wildman–Crippen LogP) is 6.45. The maximum absolute atomic E-state index is 12.9. The van der Waals surface area contributed by atoms with Crippen molar-refractivity contribution in [2.75, 3.05) is 55.9 Å². The standard InChI is InChI=1S/C42H45Cl2N3O9/c1-24(9-10-28(21-48)41(51)52)19-46-15-16-55-36-17-26(11-13-34(36)46)29-5-3-7-31(39(29)43)32-8-4-6-30(40(32)44)27-12-14-35-37(18-27)56-23-38(50)47(35)20-25(2)45-33(22-49)42(53)54/h3-8,11-14,17-18,24-25,28,33,45,48-49H,9-10,15-16,19-23H2,1-2H3,(H,51,52)(H,53,54)/t24-,25+,28-,33-/m0/s1. The lowest BCUT2D eigenvalue weighted by Crippen LogP contribution is -2.51. The van der Waals surface area contributed by atoms with Crippen molar-refractivity contribution >= 4 is 52.4 Å². The lowest BCUT2D eigenvalue weighted by molar-refractivity contribution is -0.143. The van der Waals surface area contributed by atoms with Gasteiger partial charge in [0.05, 0.1) is 47.1 Å². The summed E-state index contributed by atoms with van der Waals surface area (Å²) in [6.07, 6.45) is 1.09. The van der Waals surface area contributed by atoms with Crippen molar-refractivity contribution in [2.24, 2.45) is 11.8 Å². The van der Waals surface area contributed by atoms with E-state index in [0.717, 1.165) is 51.4 Å². The summed E-state index contributed by atoms with van der Waals surface area (Å²) in [5, 5.41) is 41.3. The fourth-order valence-corrected chi connectivity index (χ4v) is 7.92. The van der Waals surface area contributed by atoms with Gasteiger partial charge in [0.1, 0.15) is 24.1 Å². The van der Waals surface area contributed by atoms with Gasteiger partial charge in [0, 0.05) is 41.4 Å². The monoisotopic (exact) mass is 805 g/mol. The first kappa shape index (κ1) is 40.8. The minimum atomic E-state index is -1.18. The number of rotatable bonds is 16. The van der Waals surface area contributed by atoms with Crippen LogP contribution in [-0.2, 0) is 14.4 Å². The molecule has 0 saturated carbocycles. The molecule has 0 radical (unpaired) electrons. The molecule has 0 bridgehead atoms. The van der Waals surface area contributed by atoms with Crippen LogP contribution < -0.4 is 24.6 Å². The molecular weight excluding hydrogens is 761 g/mol. The van der Waals surface area contributed by atoms with Crippen LogP contribution in [0.2, 0.25) is 10.0 Å². The number of benzene rings is 4. The number of carboxylic acid groups (broad SMARTS) is 2. The number of hydrogen-bond donors (Lipinski definition) is 5. The van der Waals surface area contributed by atoms with Crippen LogP contribution in [0.4, 0.5) is 11.4 Å². The first-order chi connectivity index (χ1) is 26.9. The van der Waals surface area contributed by atoms with E-state index < -0.39 is 36.5 Å². The molecule has 12 nitrogen and oxygen atoms in total. The van der Waals surface area contributed by atoms with Gasteiger partial charge >= 0.3 is 11.9 Å². The van der Waals surface area contributed by atoms with Crippen molar-refractivity contribution in [3.63, 3.8) is 0 Å². The minimum Gasteiger partial charge on any atom is -0.490 e. The van der Waals surface area contributed by atoms with E-state index in [2.05, 4.69) is 17.1 Å². The molecule has 6 rings (SSSR count). The molecule has 56 heavy (non-hydrogen) atoms. The summed E-state index contributed by atoms with van der Waals surface area (Å²) < 4.78 is 11.9. The van der Waals surface area contributed by atoms with Crippen LogP contribution in [0, 0.1) is 11.8 Å². The number of aliphatic hydroxyl groups is 2. The highest BCUT2D eigenvalue weighted by Crippen LogP contribution is 2.45. The van der Waals surface area contributed by atoms with Gasteiger partial charge in [-0.3, -0.25) is 19.7 Å². The zero-order valence-electron chi connectivity index (χ0n) is 31.1. The maximum atomic E-state index is 12.9. The fourth-order valence-electron chi connectivity index (χ4n) is 7.25. The summed E-state index contributed by atoms with van der Waals surface area (Å²) in [5.41, 5.74) is 6.12. The number of ether oxygens (including phenoxy) is 2. The number of anilines is 2. The summed E-state index contributed by atoms with van der Waals surface area (Å²) in [4.78, 5) is 39.4. The lowest BCUT2D eigenvalue weighted by atomic mass is 9.95. The number of fused-ring (bicyclic) bond motifs is 2. The molecule has 4 aromatic carbocycles. The highest BCUT2D eigenvalue weighted by Gasteiger charge is 2.29. The zero-order chi connectivity index (χ0) is 40.1. The Morgan fingerprint density at radius 1 is 0.768 bits per heavy atom. The smallest absolute Gasteiger partial charge is 0.323 e. The lowest BCUT2D eigenvalue weighted by Gasteiger charge is -2.33. The average molecular weight is 807 g/mol. The van der Waals surface area contributed by atoms with Crippen molar-refractivity contribution < 1.29 is 44.3 Å². The van der Waals surface area contributed by atoms with Gasteiger partial charge in [-0.05, 0) is 61.1 Å². The van der Waals surface area contributed by atoms with Gasteiger partial charge in [0.15, 0.2) is 6.61 Å². The van der Waals surface area contributed by atoms with Gasteiger partial charge in [0.25, 0.3) is 5.91 Å². The highest BCUT2D eigenvalue weighted by molar-refractivity contribution is 6.39. The number of carbonyl (C=O) groups excluding carboxylic acids is 1. The Bertz CT molecular complexity index is 2100. The molecule has 1 amide bonds. The second kappa shape index (κ2) is 18.0. The predicted molar refractivity (Wildman–Crippen MR) is 216 cm³/mol. The van der Waals surface area contributed by atoms with Gasteiger partial charge in [-0.2, -0.15) is 0 Å². The molecule has 2 heterocycles. The Balaban J connectivity index is 1.22. The van der Waals surface area contributed by atoms with E-state index in [9.17, 15) is 34.8 Å². The second-order valence-corrected chi connectivity index (χ2v) is 15.1. The van der Waals surface area contributed by atoms with Crippen LogP contribution in [-0.4, -0.2) is 96.4 Å². The van der Waals surface area contributed by atoms with Crippen molar-refractivity contribution in [3.8, 4) is 44.9 Å². The molecule has 4 aromatic rings. The Morgan fingerprint density at radius 2 is 1.36 bits per heavy atom. The summed E-state index contributed by atoms with van der Waals surface area (Å²) in [5.74, 6) is -1.77. The molecule has 0 aliphatic carbocycles. The van der Waals surface area contributed by atoms with Gasteiger partial charge in [-0.25, -0.2) is 0 Å². The Kier molecular flexibility index (Phi) is 13.1. The van der Waals surface area contributed by atoms with Crippen LogP contribution in [0.15, 0.2) is 72.8 Å². The number of nitrogens with one attached hydrogen (secondary N) is 1. The molecule has 0 fully saturated rings. The van der Waals surface area contributed by atoms with Crippen molar-refractivity contribution in [2.45, 2.75) is 38.8 Å². The third kappa shape index (κ3) is 8.90. The Morgan fingerprint density at radius 3 is 1.93 bits per heavy atom. The molecule has 14 heteroatoms. The van der Waals surface area contributed by atoms with Crippen LogP contribution in [0.3, 0.4) is 0 Å². The first-order valence-corrected chi connectivity index (χ1v) is 19.3. The van der Waals surface area contributed by atoms with E-state index in [0.29, 0.717) is 47.5 Å². The molecule has 0 spiro atoms. The molecule has 296 valence electrons. The number of amides is 1. The zero-order valence-corrected chi connectivity index (χ0v) is 32.6. The molecule has 4 atom stereocenters. The number of aliphatic carboxylic acids is 2. The number of nitrogens with zero attached hydrogens (tertiary/aromatic N) is 2. The second-order valence-electron chi connectivity index (χ2n) is 14.3. The molecular formula is C42H45Cl2N3O9. The number of carboxylic acids is 2. The molecule has 5 N–H and O–H groups in total. The van der Waals surface area contributed by atoms with Gasteiger partial charge in [0.2, 0.25) is 0 Å². The van der Waals surface area contributed by atoms with Crippen LogP contribution in [0.1, 0.15) is 26.7 Å². The van der Waals surface area contributed by atoms with E-state index in [-0.39, 0.29) is 31.6 Å². The summed E-state index contributed by atoms with van der Waals surface area (Å²) in [6.45, 7) is 4.79. The van der Waals surface area contributed by atoms with Gasteiger partial charge in [-0.15, -0.1) is 0 Å². The van der Waals surface area contributed by atoms with E-state index >= 15 is 0 Å². The van der Waals surface area contributed by atoms with Gasteiger partial charge < -0.3 is 39.7 Å². The van der Waals surface area contributed by atoms with Crippen molar-refractivity contribution in [1.82, 2.24) is 5.32 Å². The minimum absolute atomic E-state index is 0.167. The molecule has 0 unspecified atom stereocenters. The van der Waals surface area contributed by atoms with E-state index in [1.54, 1.807) is 17.9 Å². The number of hydrogen-bond acceptors (Lipinski definition) is 9. The van der Waals surface area contributed by atoms with Crippen LogP contribution >= 0.6 is 23.2 Å². The topological polar surface area (TPSA) is 169 Å². The number of halogens is 2. The fraction of sp³-hybridized carbons (Fsp3) is 0.357.